The first-order valence-electron chi connectivity index (χ1n) is 9.65. The fourth-order valence-electron chi connectivity index (χ4n) is 4.04. The third-order valence-corrected chi connectivity index (χ3v) is 5.61. The second-order valence-corrected chi connectivity index (χ2v) is 8.25. The second-order valence-electron chi connectivity index (χ2n) is 8.25. The van der Waals surface area contributed by atoms with Crippen LogP contribution in [-0.2, 0) is 0 Å². The molecule has 0 nitrogen and oxygen atoms in total. The molecule has 0 spiro atoms. The van der Waals surface area contributed by atoms with E-state index in [1.807, 2.05) is 0 Å². The van der Waals surface area contributed by atoms with Crippen molar-refractivity contribution in [1.29, 1.82) is 0 Å². The Morgan fingerprint density at radius 2 is 1.76 bits per heavy atom. The molecule has 2 unspecified atom stereocenters. The van der Waals surface area contributed by atoms with Gasteiger partial charge in [0.1, 0.15) is 0 Å². The summed E-state index contributed by atoms with van der Waals surface area (Å²) in [7, 11) is 0. The van der Waals surface area contributed by atoms with Gasteiger partial charge in [-0.2, -0.15) is 0 Å². The Morgan fingerprint density at radius 1 is 1.05 bits per heavy atom. The predicted octanol–water partition coefficient (Wildman–Crippen LogP) is 7.25. The molecule has 0 heteroatoms. The minimum Gasteiger partial charge on any atom is -0.103 e. The van der Waals surface area contributed by atoms with Gasteiger partial charge in [0.15, 0.2) is 0 Å². The Balaban J connectivity index is 2.05. The molecule has 1 saturated carbocycles. The van der Waals surface area contributed by atoms with Crippen LogP contribution in [0.1, 0.15) is 91.9 Å². The van der Waals surface area contributed by atoms with Crippen LogP contribution < -0.4 is 0 Å². The molecule has 0 aromatic rings. The van der Waals surface area contributed by atoms with Crippen molar-refractivity contribution in [2.24, 2.45) is 29.6 Å². The summed E-state index contributed by atoms with van der Waals surface area (Å²) in [6, 6.07) is 0. The Labute approximate surface area is 134 Å². The summed E-state index contributed by atoms with van der Waals surface area (Å²) < 4.78 is 0. The maximum Gasteiger partial charge on any atom is -0.0325 e. The van der Waals surface area contributed by atoms with Gasteiger partial charge in [-0.25, -0.2) is 0 Å². The highest BCUT2D eigenvalue weighted by Crippen LogP contribution is 2.39. The lowest BCUT2D eigenvalue weighted by Crippen LogP contribution is -2.23. The molecule has 1 fully saturated rings. The van der Waals surface area contributed by atoms with Crippen molar-refractivity contribution in [3.8, 4) is 0 Å². The summed E-state index contributed by atoms with van der Waals surface area (Å²) in [5.74, 6) is 4.81. The Kier molecular flexibility index (Phi) is 9.36. The first-order chi connectivity index (χ1) is 10.0. The average molecular weight is 293 g/mol. The monoisotopic (exact) mass is 292 g/mol. The highest BCUT2D eigenvalue weighted by atomic mass is 14.3. The lowest BCUT2D eigenvalue weighted by Gasteiger charge is -2.35. The van der Waals surface area contributed by atoms with Crippen LogP contribution in [0.3, 0.4) is 0 Å². The van der Waals surface area contributed by atoms with Crippen LogP contribution in [0.15, 0.2) is 12.7 Å². The van der Waals surface area contributed by atoms with E-state index in [-0.39, 0.29) is 0 Å². The molecular weight excluding hydrogens is 252 g/mol. The topological polar surface area (TPSA) is 0 Å². The molecule has 0 radical (unpaired) electrons. The van der Waals surface area contributed by atoms with Gasteiger partial charge in [-0.05, 0) is 55.3 Å². The molecule has 1 aliphatic rings. The molecule has 0 saturated heterocycles. The quantitative estimate of drug-likeness (QED) is 0.332. The molecule has 124 valence electrons. The van der Waals surface area contributed by atoms with Crippen LogP contribution in [0.4, 0.5) is 0 Å². The largest absolute Gasteiger partial charge is 0.103 e. The Morgan fingerprint density at radius 3 is 2.33 bits per heavy atom. The van der Waals surface area contributed by atoms with Crippen molar-refractivity contribution in [2.45, 2.75) is 91.9 Å². The van der Waals surface area contributed by atoms with Crippen molar-refractivity contribution in [2.75, 3.05) is 0 Å². The lowest BCUT2D eigenvalue weighted by molar-refractivity contribution is 0.176. The molecule has 0 heterocycles. The predicted molar refractivity (Wildman–Crippen MR) is 96.5 cm³/mol. The molecule has 0 bridgehead atoms. The van der Waals surface area contributed by atoms with Crippen LogP contribution in [-0.4, -0.2) is 0 Å². The molecule has 0 aromatic heterocycles. The highest BCUT2D eigenvalue weighted by Gasteiger charge is 2.27. The number of allylic oxidation sites excluding steroid dienone is 1. The van der Waals surface area contributed by atoms with E-state index < -0.39 is 0 Å². The normalized spacial score (nSPS) is 24.6. The van der Waals surface area contributed by atoms with E-state index in [1.54, 1.807) is 0 Å². The third kappa shape index (κ3) is 8.07. The fourth-order valence-corrected chi connectivity index (χ4v) is 4.04. The van der Waals surface area contributed by atoms with Crippen molar-refractivity contribution in [1.82, 2.24) is 0 Å². The zero-order valence-corrected chi connectivity index (χ0v) is 15.2. The van der Waals surface area contributed by atoms with Gasteiger partial charge in [0.25, 0.3) is 0 Å². The van der Waals surface area contributed by atoms with Gasteiger partial charge >= 0.3 is 0 Å². The zero-order chi connectivity index (χ0) is 15.7. The lowest BCUT2D eigenvalue weighted by atomic mass is 9.71. The van der Waals surface area contributed by atoms with Gasteiger partial charge in [0.05, 0.1) is 0 Å². The van der Waals surface area contributed by atoms with Gasteiger partial charge in [0, 0.05) is 0 Å². The molecule has 0 amide bonds. The molecule has 1 aliphatic carbocycles. The van der Waals surface area contributed by atoms with Crippen molar-refractivity contribution < 1.29 is 0 Å². The van der Waals surface area contributed by atoms with E-state index in [4.69, 9.17) is 0 Å². The van der Waals surface area contributed by atoms with Gasteiger partial charge in [-0.15, -0.1) is 6.58 Å². The van der Waals surface area contributed by atoms with Crippen molar-refractivity contribution >= 4 is 0 Å². The first kappa shape index (κ1) is 18.8. The van der Waals surface area contributed by atoms with Crippen molar-refractivity contribution in [3.05, 3.63) is 12.7 Å². The molecule has 1 rings (SSSR count). The standard InChI is InChI=1S/C21H40/c1-6-9-20-15-21(16-20)11-8-10-18(5)14-19(7-2)13-12-17(3)4/h6,17-21H,1,7-16H2,2-5H3. The van der Waals surface area contributed by atoms with E-state index >= 15 is 0 Å². The van der Waals surface area contributed by atoms with E-state index in [0.29, 0.717) is 0 Å². The molecule has 0 aliphatic heterocycles. The zero-order valence-electron chi connectivity index (χ0n) is 15.2. The third-order valence-electron chi connectivity index (χ3n) is 5.61. The molecule has 0 aromatic carbocycles. The maximum atomic E-state index is 3.85. The Bertz CT molecular complexity index is 259. The summed E-state index contributed by atoms with van der Waals surface area (Å²) in [5, 5.41) is 0. The van der Waals surface area contributed by atoms with Crippen LogP contribution in [0.5, 0.6) is 0 Å². The molecule has 2 atom stereocenters. The smallest absolute Gasteiger partial charge is 0.0325 e. The van der Waals surface area contributed by atoms with Crippen LogP contribution in [0, 0.1) is 29.6 Å². The average Bonchev–Trinajstić information content (AvgIpc) is 2.40. The number of rotatable bonds is 12. The highest BCUT2D eigenvalue weighted by molar-refractivity contribution is 4.84. The van der Waals surface area contributed by atoms with Gasteiger partial charge in [-0.3, -0.25) is 0 Å². The van der Waals surface area contributed by atoms with Crippen LogP contribution >= 0.6 is 0 Å². The van der Waals surface area contributed by atoms with E-state index in [2.05, 4.69) is 40.3 Å². The number of hydrogen-bond donors (Lipinski definition) is 0. The SMILES string of the molecule is C=CCC1CC(CCCC(C)CC(CC)CCC(C)C)C1. The van der Waals surface area contributed by atoms with Crippen LogP contribution in [0.25, 0.3) is 0 Å². The summed E-state index contributed by atoms with van der Waals surface area (Å²) in [6.45, 7) is 13.4. The van der Waals surface area contributed by atoms with E-state index in [0.717, 1.165) is 29.6 Å². The summed E-state index contributed by atoms with van der Waals surface area (Å²) in [4.78, 5) is 0. The summed E-state index contributed by atoms with van der Waals surface area (Å²) in [6.07, 6.45) is 16.4. The van der Waals surface area contributed by atoms with E-state index in [1.165, 1.54) is 64.2 Å². The maximum absolute atomic E-state index is 3.85. The minimum absolute atomic E-state index is 0.872. The van der Waals surface area contributed by atoms with Gasteiger partial charge < -0.3 is 0 Å². The van der Waals surface area contributed by atoms with Gasteiger partial charge in [0.2, 0.25) is 0 Å². The molecular formula is C21H40. The number of hydrogen-bond acceptors (Lipinski definition) is 0. The summed E-state index contributed by atoms with van der Waals surface area (Å²) in [5.41, 5.74) is 0. The van der Waals surface area contributed by atoms with Crippen molar-refractivity contribution in [3.63, 3.8) is 0 Å². The molecule has 0 N–H and O–H groups in total. The Hall–Kier alpha value is -0.260. The first-order valence-corrected chi connectivity index (χ1v) is 9.65. The van der Waals surface area contributed by atoms with E-state index in [9.17, 15) is 0 Å². The second kappa shape index (κ2) is 10.5. The minimum atomic E-state index is 0.872. The molecule has 21 heavy (non-hydrogen) atoms. The fraction of sp³-hybridized carbons (Fsp3) is 0.905. The van der Waals surface area contributed by atoms with Gasteiger partial charge in [-0.1, -0.05) is 72.3 Å². The summed E-state index contributed by atoms with van der Waals surface area (Å²) >= 11 is 0. The van der Waals surface area contributed by atoms with Crippen LogP contribution in [0.2, 0.25) is 0 Å².